The number of carbonyl (C=O) groups excluding carboxylic acids is 3. The monoisotopic (exact) mass is 646 g/mol. The van der Waals surface area contributed by atoms with Gasteiger partial charge in [-0.25, -0.2) is 14.4 Å². The Morgan fingerprint density at radius 2 is 0.780 bits per heavy atom. The molecule has 0 aromatic carbocycles. The molecule has 1 heterocycles. The molecule has 0 radical (unpaired) electrons. The molecule has 14 heteroatoms. The van der Waals surface area contributed by atoms with Crippen molar-refractivity contribution in [3.05, 3.63) is 36.5 Å². The second kappa shape index (κ2) is 16.3. The average Bonchev–Trinajstić information content (AvgIpc) is 2.85. The molecular formula is C27H50O10Si4. The lowest BCUT2D eigenvalue weighted by atomic mass is 10.4. The average molecular weight is 647 g/mol. The van der Waals surface area contributed by atoms with Gasteiger partial charge in [0.05, 0.1) is 19.8 Å². The maximum absolute atomic E-state index is 11.9. The fourth-order valence-corrected chi connectivity index (χ4v) is 27.1. The Morgan fingerprint density at radius 1 is 0.537 bits per heavy atom. The Bertz CT molecular complexity index is 935. The van der Waals surface area contributed by atoms with Crippen LogP contribution in [0.3, 0.4) is 0 Å². The molecule has 2 unspecified atom stereocenters. The number of ether oxygens (including phenoxy) is 3. The minimum absolute atomic E-state index is 0.217. The van der Waals surface area contributed by atoms with Crippen molar-refractivity contribution in [3.8, 4) is 0 Å². The number of hydrogen-bond acceptors (Lipinski definition) is 10. The van der Waals surface area contributed by atoms with Gasteiger partial charge in [-0.15, -0.1) is 0 Å². The Kier molecular flexibility index (Phi) is 14.8. The fraction of sp³-hybridized carbons (Fsp3) is 0.667. The van der Waals surface area contributed by atoms with E-state index >= 15 is 0 Å². The van der Waals surface area contributed by atoms with Crippen molar-refractivity contribution in [2.45, 2.75) is 97.3 Å². The third-order valence-electron chi connectivity index (χ3n) is 6.44. The number of carbonyl (C=O) groups is 3. The zero-order chi connectivity index (χ0) is 31.5. The molecule has 1 aliphatic rings. The Morgan fingerprint density at radius 3 is 1.00 bits per heavy atom. The Labute approximate surface area is 250 Å². The number of rotatable bonds is 16. The van der Waals surface area contributed by atoms with E-state index in [1.54, 1.807) is 20.8 Å². The summed E-state index contributed by atoms with van der Waals surface area (Å²) in [5, 5.41) is 0. The van der Waals surface area contributed by atoms with Crippen LogP contribution in [0, 0.1) is 0 Å². The standard InChI is InChI=1S/C27H50O10Si4/c1-12-38(8)34-39(9,19-13-16-31-25(28)22(2)3)36-41(11,21-15-18-33-27(30)24(6)7)37-40(10,35-38)20-14-17-32-26(29)23(4)5/h2,4,6,12-21H2,1,3,5,7-11H3. The van der Waals surface area contributed by atoms with E-state index in [9.17, 15) is 14.4 Å². The van der Waals surface area contributed by atoms with Crippen LogP contribution in [0.2, 0.25) is 50.4 Å². The molecule has 1 aliphatic heterocycles. The van der Waals surface area contributed by atoms with Gasteiger partial charge in [0, 0.05) is 16.7 Å². The normalized spacial score (nSPS) is 28.1. The van der Waals surface area contributed by atoms with Crippen molar-refractivity contribution in [2.75, 3.05) is 19.8 Å². The van der Waals surface area contributed by atoms with Crippen LogP contribution in [0.1, 0.15) is 47.0 Å². The van der Waals surface area contributed by atoms with Gasteiger partial charge in [0.2, 0.25) is 0 Å². The SMILES string of the molecule is C=C(C)C(=O)OCCC[Si]1(C)O[Si](C)(CC)O[Si](C)(CCCOC(=O)C(=C)C)O[Si](C)(CCCOC(=O)C(=C)C)O1. The van der Waals surface area contributed by atoms with Gasteiger partial charge < -0.3 is 30.7 Å². The highest BCUT2D eigenvalue weighted by molar-refractivity contribution is 6.93. The van der Waals surface area contributed by atoms with Crippen LogP contribution in [0.5, 0.6) is 0 Å². The van der Waals surface area contributed by atoms with Crippen LogP contribution >= 0.6 is 0 Å². The van der Waals surface area contributed by atoms with Crippen LogP contribution < -0.4 is 0 Å². The van der Waals surface area contributed by atoms with Crippen LogP contribution in [0.4, 0.5) is 0 Å². The van der Waals surface area contributed by atoms with E-state index < -0.39 is 52.2 Å². The molecule has 0 amide bonds. The summed E-state index contributed by atoms with van der Waals surface area (Å²) >= 11 is 0. The molecule has 10 nitrogen and oxygen atoms in total. The summed E-state index contributed by atoms with van der Waals surface area (Å²) in [6, 6.07) is 2.45. The summed E-state index contributed by atoms with van der Waals surface area (Å²) in [6.07, 6.45) is 1.68. The van der Waals surface area contributed by atoms with E-state index in [0.717, 1.165) is 0 Å². The van der Waals surface area contributed by atoms with E-state index in [2.05, 4.69) is 19.7 Å². The smallest absolute Gasteiger partial charge is 0.333 e. The quantitative estimate of drug-likeness (QED) is 0.0660. The highest BCUT2D eigenvalue weighted by Gasteiger charge is 2.56. The Hall–Kier alpha value is -1.66. The zero-order valence-corrected chi connectivity index (χ0v) is 30.3. The summed E-state index contributed by atoms with van der Waals surface area (Å²) in [5.41, 5.74) is 1.05. The molecule has 0 aliphatic carbocycles. The molecule has 1 fully saturated rings. The first-order chi connectivity index (χ1) is 18.9. The largest absolute Gasteiger partial charge is 0.462 e. The molecule has 2 atom stereocenters. The molecule has 0 aromatic rings. The van der Waals surface area contributed by atoms with Gasteiger partial charge in [-0.3, -0.25) is 0 Å². The molecule has 0 bridgehead atoms. The zero-order valence-electron chi connectivity index (χ0n) is 26.3. The van der Waals surface area contributed by atoms with Gasteiger partial charge in [-0.1, -0.05) is 26.7 Å². The van der Waals surface area contributed by atoms with E-state index in [1.807, 2.05) is 33.1 Å². The molecule has 234 valence electrons. The lowest BCUT2D eigenvalue weighted by Gasteiger charge is -2.50. The first-order valence-electron chi connectivity index (χ1n) is 14.2. The molecule has 0 saturated carbocycles. The van der Waals surface area contributed by atoms with Gasteiger partial charge >= 0.3 is 52.2 Å². The highest BCUT2D eigenvalue weighted by Crippen LogP contribution is 2.38. The van der Waals surface area contributed by atoms with Crippen molar-refractivity contribution < 1.29 is 45.1 Å². The predicted octanol–water partition coefficient (Wildman–Crippen LogP) is 5.90. The molecule has 0 spiro atoms. The van der Waals surface area contributed by atoms with Crippen LogP contribution in [0.25, 0.3) is 0 Å². The van der Waals surface area contributed by atoms with Crippen molar-refractivity contribution in [1.29, 1.82) is 0 Å². The first-order valence-corrected chi connectivity index (χ1v) is 24.3. The first kappa shape index (κ1) is 37.4. The molecule has 1 saturated heterocycles. The molecular weight excluding hydrogens is 597 g/mol. The molecule has 0 N–H and O–H groups in total. The summed E-state index contributed by atoms with van der Waals surface area (Å²) in [4.78, 5) is 35.6. The second-order valence-corrected chi connectivity index (χ2v) is 25.9. The van der Waals surface area contributed by atoms with Crippen LogP contribution in [0.15, 0.2) is 36.5 Å². The number of esters is 3. The van der Waals surface area contributed by atoms with Gasteiger partial charge in [0.15, 0.2) is 0 Å². The predicted molar refractivity (Wildman–Crippen MR) is 167 cm³/mol. The topological polar surface area (TPSA) is 116 Å². The molecule has 0 aromatic heterocycles. The molecule has 1 rings (SSSR count). The van der Waals surface area contributed by atoms with Gasteiger partial charge in [0.1, 0.15) is 0 Å². The summed E-state index contributed by atoms with van der Waals surface area (Å²) in [7, 11) is -11.4. The van der Waals surface area contributed by atoms with Gasteiger partial charge in [0.25, 0.3) is 0 Å². The van der Waals surface area contributed by atoms with E-state index in [0.29, 0.717) is 60.2 Å². The lowest BCUT2D eigenvalue weighted by Crippen LogP contribution is -2.67. The van der Waals surface area contributed by atoms with E-state index in [4.69, 9.17) is 30.7 Å². The maximum atomic E-state index is 11.9. The Balaban J connectivity index is 3.15. The summed E-state index contributed by atoms with van der Waals surface area (Å²) in [6.45, 7) is 26.5. The van der Waals surface area contributed by atoms with Crippen molar-refractivity contribution >= 4 is 52.2 Å². The van der Waals surface area contributed by atoms with Crippen molar-refractivity contribution in [3.63, 3.8) is 0 Å². The molecule has 41 heavy (non-hydrogen) atoms. The third kappa shape index (κ3) is 13.5. The minimum Gasteiger partial charge on any atom is -0.462 e. The lowest BCUT2D eigenvalue weighted by molar-refractivity contribution is -0.139. The van der Waals surface area contributed by atoms with E-state index in [-0.39, 0.29) is 19.8 Å². The summed E-state index contributed by atoms with van der Waals surface area (Å²) < 4.78 is 43.6. The van der Waals surface area contributed by atoms with Gasteiger partial charge in [-0.2, -0.15) is 0 Å². The van der Waals surface area contributed by atoms with Crippen LogP contribution in [-0.4, -0.2) is 72.0 Å². The van der Waals surface area contributed by atoms with Crippen molar-refractivity contribution in [2.24, 2.45) is 0 Å². The number of hydrogen-bond donors (Lipinski definition) is 0. The van der Waals surface area contributed by atoms with E-state index in [1.165, 1.54) is 0 Å². The third-order valence-corrected chi connectivity index (χ3v) is 25.3. The highest BCUT2D eigenvalue weighted by atomic mass is 28.5. The van der Waals surface area contributed by atoms with Crippen LogP contribution in [-0.2, 0) is 45.1 Å². The fourth-order valence-electron chi connectivity index (χ4n) is 4.40. The van der Waals surface area contributed by atoms with Gasteiger partial charge in [-0.05, 0) is 90.4 Å². The second-order valence-electron chi connectivity index (χ2n) is 11.4. The maximum Gasteiger partial charge on any atom is 0.333 e. The minimum atomic E-state index is -2.93. The summed E-state index contributed by atoms with van der Waals surface area (Å²) in [5.74, 6) is -1.27. The van der Waals surface area contributed by atoms with Crippen molar-refractivity contribution in [1.82, 2.24) is 0 Å².